The molecule has 1 aromatic heterocycles. The van der Waals surface area contributed by atoms with Crippen LogP contribution in [0.1, 0.15) is 61.2 Å². The van der Waals surface area contributed by atoms with Gasteiger partial charge in [-0.3, -0.25) is 9.69 Å². The number of rotatable bonds is 10. The van der Waals surface area contributed by atoms with Crippen LogP contribution in [0.15, 0.2) is 65.3 Å². The van der Waals surface area contributed by atoms with Crippen molar-refractivity contribution in [2.45, 2.75) is 52.9 Å². The Morgan fingerprint density at radius 2 is 1.81 bits per heavy atom. The molecule has 0 aliphatic rings. The predicted octanol–water partition coefficient (Wildman–Crippen LogP) is 5.22. The number of ether oxygens (including phenoxy) is 1. The van der Waals surface area contributed by atoms with Crippen LogP contribution in [-0.2, 0) is 13.1 Å². The van der Waals surface area contributed by atoms with Gasteiger partial charge in [0.15, 0.2) is 5.69 Å². The molecule has 0 fully saturated rings. The van der Waals surface area contributed by atoms with Gasteiger partial charge in [0.25, 0.3) is 5.91 Å². The van der Waals surface area contributed by atoms with Crippen LogP contribution < -0.4 is 10.1 Å². The third-order valence-corrected chi connectivity index (χ3v) is 5.83. The summed E-state index contributed by atoms with van der Waals surface area (Å²) in [6, 6.07) is 18.1. The maximum atomic E-state index is 12.7. The van der Waals surface area contributed by atoms with Crippen LogP contribution in [0.3, 0.4) is 0 Å². The van der Waals surface area contributed by atoms with E-state index in [1.54, 1.807) is 7.11 Å². The number of amides is 1. The number of carbonyl (C=O) groups is 1. The summed E-state index contributed by atoms with van der Waals surface area (Å²) in [5.41, 5.74) is 2.49. The van der Waals surface area contributed by atoms with Crippen LogP contribution in [0.4, 0.5) is 0 Å². The Morgan fingerprint density at radius 1 is 1.06 bits per heavy atom. The van der Waals surface area contributed by atoms with E-state index in [1.807, 2.05) is 55.5 Å². The quantitative estimate of drug-likeness (QED) is 0.473. The van der Waals surface area contributed by atoms with E-state index >= 15 is 0 Å². The molecule has 0 unspecified atom stereocenters. The van der Waals surface area contributed by atoms with Gasteiger partial charge in [-0.1, -0.05) is 56.3 Å². The van der Waals surface area contributed by atoms with Gasteiger partial charge >= 0.3 is 0 Å². The van der Waals surface area contributed by atoms with Gasteiger partial charge in [0.2, 0.25) is 5.89 Å². The van der Waals surface area contributed by atoms with Crippen molar-refractivity contribution in [3.05, 3.63) is 83.6 Å². The second-order valence-corrected chi connectivity index (χ2v) is 8.47. The topological polar surface area (TPSA) is 67.6 Å². The molecule has 0 spiro atoms. The summed E-state index contributed by atoms with van der Waals surface area (Å²) in [5, 5.41) is 2.98. The highest BCUT2D eigenvalue weighted by molar-refractivity contribution is 5.92. The van der Waals surface area contributed by atoms with Gasteiger partial charge in [-0.2, -0.15) is 0 Å². The first kappa shape index (κ1) is 23.5. The molecule has 1 heterocycles. The van der Waals surface area contributed by atoms with Crippen LogP contribution in [0, 0.1) is 5.92 Å². The zero-order chi connectivity index (χ0) is 23.1. The summed E-state index contributed by atoms with van der Waals surface area (Å²) in [7, 11) is 1.67. The van der Waals surface area contributed by atoms with E-state index in [0.717, 1.165) is 23.4 Å². The lowest BCUT2D eigenvalue weighted by Gasteiger charge is -2.30. The Hall–Kier alpha value is -3.12. The lowest BCUT2D eigenvalue weighted by atomic mass is 10.0. The molecule has 0 aliphatic carbocycles. The Morgan fingerprint density at radius 3 is 2.50 bits per heavy atom. The van der Waals surface area contributed by atoms with Gasteiger partial charge in [-0.15, -0.1) is 0 Å². The molecule has 6 nitrogen and oxygen atoms in total. The summed E-state index contributed by atoms with van der Waals surface area (Å²) >= 11 is 0. The fraction of sp³-hybridized carbons (Fsp3) is 0.385. The SMILES string of the molecule is COc1cccc(CN(Cc2nc(C(=O)N[C@H](C)c3ccccc3)co2)[C@H](C)C(C)C)c1. The first-order valence-electron chi connectivity index (χ1n) is 11.0. The summed E-state index contributed by atoms with van der Waals surface area (Å²) in [6.45, 7) is 9.78. The maximum absolute atomic E-state index is 12.7. The number of benzene rings is 2. The number of methoxy groups -OCH3 is 1. The lowest BCUT2D eigenvalue weighted by Crippen LogP contribution is -2.36. The van der Waals surface area contributed by atoms with Crippen LogP contribution in [0.25, 0.3) is 0 Å². The lowest BCUT2D eigenvalue weighted by molar-refractivity contribution is 0.0934. The third-order valence-electron chi connectivity index (χ3n) is 5.83. The van der Waals surface area contributed by atoms with E-state index in [1.165, 1.54) is 6.26 Å². The molecule has 0 bridgehead atoms. The van der Waals surface area contributed by atoms with Gasteiger partial charge < -0.3 is 14.5 Å². The van der Waals surface area contributed by atoms with Crippen molar-refractivity contribution in [3.63, 3.8) is 0 Å². The van der Waals surface area contributed by atoms with Gasteiger partial charge in [-0.25, -0.2) is 4.98 Å². The van der Waals surface area contributed by atoms with Crippen molar-refractivity contribution in [3.8, 4) is 5.75 Å². The number of hydrogen-bond acceptors (Lipinski definition) is 5. The van der Waals surface area contributed by atoms with Gasteiger partial charge in [0.05, 0.1) is 19.7 Å². The van der Waals surface area contributed by atoms with Crippen molar-refractivity contribution < 1.29 is 13.9 Å². The molecule has 32 heavy (non-hydrogen) atoms. The highest BCUT2D eigenvalue weighted by atomic mass is 16.5. The van der Waals surface area contributed by atoms with Crippen LogP contribution in [-0.4, -0.2) is 28.9 Å². The molecular formula is C26H33N3O3. The monoisotopic (exact) mass is 435 g/mol. The molecule has 0 radical (unpaired) electrons. The molecular weight excluding hydrogens is 402 g/mol. The zero-order valence-electron chi connectivity index (χ0n) is 19.5. The zero-order valence-corrected chi connectivity index (χ0v) is 19.5. The molecule has 0 aliphatic heterocycles. The van der Waals surface area contributed by atoms with E-state index in [4.69, 9.17) is 9.15 Å². The minimum absolute atomic E-state index is 0.116. The Kier molecular flexibility index (Phi) is 8.06. The summed E-state index contributed by atoms with van der Waals surface area (Å²) < 4.78 is 11.0. The predicted molar refractivity (Wildman–Crippen MR) is 125 cm³/mol. The second-order valence-electron chi connectivity index (χ2n) is 8.47. The van der Waals surface area contributed by atoms with Gasteiger partial charge in [0, 0.05) is 12.6 Å². The normalized spacial score (nSPS) is 13.2. The Balaban J connectivity index is 1.69. The van der Waals surface area contributed by atoms with Crippen molar-refractivity contribution in [2.75, 3.05) is 7.11 Å². The molecule has 0 saturated carbocycles. The van der Waals surface area contributed by atoms with Crippen molar-refractivity contribution >= 4 is 5.91 Å². The molecule has 1 amide bonds. The second kappa shape index (κ2) is 11.0. The van der Waals surface area contributed by atoms with E-state index in [-0.39, 0.29) is 11.9 Å². The molecule has 2 atom stereocenters. The fourth-order valence-electron chi connectivity index (χ4n) is 3.53. The largest absolute Gasteiger partial charge is 0.497 e. The van der Waals surface area contributed by atoms with Crippen molar-refractivity contribution in [1.82, 2.24) is 15.2 Å². The molecule has 1 N–H and O–H groups in total. The molecule has 0 saturated heterocycles. The van der Waals surface area contributed by atoms with Crippen LogP contribution in [0.5, 0.6) is 5.75 Å². The van der Waals surface area contributed by atoms with Crippen molar-refractivity contribution in [1.29, 1.82) is 0 Å². The molecule has 2 aromatic carbocycles. The number of hydrogen-bond donors (Lipinski definition) is 1. The smallest absolute Gasteiger partial charge is 0.273 e. The minimum Gasteiger partial charge on any atom is -0.497 e. The maximum Gasteiger partial charge on any atom is 0.273 e. The first-order valence-corrected chi connectivity index (χ1v) is 11.0. The number of carbonyl (C=O) groups excluding carboxylic acids is 1. The summed E-state index contributed by atoms with van der Waals surface area (Å²) in [6.07, 6.45) is 1.44. The standard InChI is InChI=1S/C26H33N3O3/c1-18(2)20(4)29(15-21-10-9-13-23(14-21)31-5)16-25-28-24(17-32-25)26(30)27-19(3)22-11-7-6-8-12-22/h6-14,17-20H,15-16H2,1-5H3,(H,27,30)/t19-,20-/m1/s1. The Labute approximate surface area is 190 Å². The fourth-order valence-corrected chi connectivity index (χ4v) is 3.53. The number of aromatic nitrogens is 1. The highest BCUT2D eigenvalue weighted by Crippen LogP contribution is 2.21. The van der Waals surface area contributed by atoms with E-state index in [9.17, 15) is 4.79 Å². The van der Waals surface area contributed by atoms with Crippen molar-refractivity contribution in [2.24, 2.45) is 5.92 Å². The molecule has 3 aromatic rings. The van der Waals surface area contributed by atoms with Crippen LogP contribution in [0.2, 0.25) is 0 Å². The highest BCUT2D eigenvalue weighted by Gasteiger charge is 2.22. The van der Waals surface area contributed by atoms with Gasteiger partial charge in [-0.05, 0) is 43.0 Å². The number of nitrogens with zero attached hydrogens (tertiary/aromatic N) is 2. The number of nitrogens with one attached hydrogen (secondary N) is 1. The van der Waals surface area contributed by atoms with E-state index in [2.05, 4.69) is 42.0 Å². The van der Waals surface area contributed by atoms with E-state index < -0.39 is 0 Å². The average molecular weight is 436 g/mol. The van der Waals surface area contributed by atoms with Gasteiger partial charge in [0.1, 0.15) is 12.0 Å². The van der Waals surface area contributed by atoms with Crippen LogP contribution >= 0.6 is 0 Å². The summed E-state index contributed by atoms with van der Waals surface area (Å²) in [5.74, 6) is 1.57. The third kappa shape index (κ3) is 6.20. The molecule has 3 rings (SSSR count). The number of oxazole rings is 1. The Bertz CT molecular complexity index is 1000. The van der Waals surface area contributed by atoms with E-state index in [0.29, 0.717) is 30.1 Å². The minimum atomic E-state index is -0.243. The first-order chi connectivity index (χ1) is 15.4. The summed E-state index contributed by atoms with van der Waals surface area (Å²) in [4.78, 5) is 19.4. The molecule has 170 valence electrons. The molecule has 6 heteroatoms. The average Bonchev–Trinajstić information content (AvgIpc) is 3.27.